The van der Waals surface area contributed by atoms with Gasteiger partial charge in [0.15, 0.2) is 15.2 Å². The number of aromatic nitrogens is 1. The minimum atomic E-state index is -3.68. The topological polar surface area (TPSA) is 67.3 Å². The molecule has 3 rings (SSSR count). The summed E-state index contributed by atoms with van der Waals surface area (Å²) in [6.45, 7) is 0. The molecule has 1 aliphatic heterocycles. The van der Waals surface area contributed by atoms with Crippen molar-refractivity contribution in [1.82, 2.24) is 4.98 Å². The number of rotatable bonds is 2. The Balaban J connectivity index is 2.17. The van der Waals surface area contributed by atoms with Crippen molar-refractivity contribution in [2.75, 3.05) is 10.7 Å². The van der Waals surface area contributed by atoms with Crippen LogP contribution in [0.2, 0.25) is 10.0 Å². The average Bonchev–Trinajstić information content (AvgIpc) is 2.67. The van der Waals surface area contributed by atoms with Gasteiger partial charge in [-0.1, -0.05) is 29.3 Å². The zero-order chi connectivity index (χ0) is 15.9. The van der Waals surface area contributed by atoms with Gasteiger partial charge in [0.2, 0.25) is 5.91 Å². The molecule has 1 aromatic heterocycles. The lowest BCUT2D eigenvalue weighted by atomic mass is 10.2. The van der Waals surface area contributed by atoms with Crippen LogP contribution in [0.5, 0.6) is 0 Å². The van der Waals surface area contributed by atoms with Crippen molar-refractivity contribution < 1.29 is 13.2 Å². The van der Waals surface area contributed by atoms with Crippen LogP contribution in [0.4, 0.5) is 5.69 Å². The molecule has 1 aromatic carbocycles. The lowest BCUT2D eigenvalue weighted by Gasteiger charge is -2.23. The highest BCUT2D eigenvalue weighted by Gasteiger charge is 2.46. The van der Waals surface area contributed by atoms with Gasteiger partial charge in [0.1, 0.15) is 5.75 Å². The Morgan fingerprint density at radius 1 is 1.14 bits per heavy atom. The number of pyridine rings is 1. The minimum absolute atomic E-state index is 0.282. The largest absolute Gasteiger partial charge is 0.288 e. The van der Waals surface area contributed by atoms with Crippen molar-refractivity contribution in [1.29, 1.82) is 0 Å². The molecule has 8 heteroatoms. The Kier molecular flexibility index (Phi) is 3.84. The van der Waals surface area contributed by atoms with Gasteiger partial charge in [-0.15, -0.1) is 0 Å². The summed E-state index contributed by atoms with van der Waals surface area (Å²) in [6.07, 6.45) is 1.48. The van der Waals surface area contributed by atoms with Crippen molar-refractivity contribution in [3.8, 4) is 0 Å². The summed E-state index contributed by atoms with van der Waals surface area (Å²) in [5.41, 5.74) is 0.615. The van der Waals surface area contributed by atoms with Crippen LogP contribution in [0.15, 0.2) is 42.6 Å². The summed E-state index contributed by atoms with van der Waals surface area (Å²) in [4.78, 5) is 17.5. The second-order valence-corrected chi connectivity index (χ2v) is 7.74. The smallest absolute Gasteiger partial charge is 0.243 e. The number of hydrogen-bond acceptors (Lipinski definition) is 4. The molecule has 2 heterocycles. The van der Waals surface area contributed by atoms with E-state index in [0.717, 1.165) is 0 Å². The van der Waals surface area contributed by atoms with Crippen LogP contribution in [0, 0.1) is 0 Å². The molecule has 1 amide bonds. The first-order valence-corrected chi connectivity index (χ1v) is 8.76. The Bertz CT molecular complexity index is 820. The van der Waals surface area contributed by atoms with Crippen LogP contribution >= 0.6 is 23.2 Å². The fourth-order valence-corrected chi connectivity index (χ4v) is 4.63. The molecule has 0 saturated carbocycles. The molecule has 0 radical (unpaired) electrons. The minimum Gasteiger partial charge on any atom is -0.288 e. The van der Waals surface area contributed by atoms with Crippen LogP contribution in [-0.4, -0.2) is 25.1 Å². The number of hydrogen-bond donors (Lipinski definition) is 0. The van der Waals surface area contributed by atoms with E-state index in [1.807, 2.05) is 0 Å². The van der Waals surface area contributed by atoms with Crippen molar-refractivity contribution in [2.45, 2.75) is 5.37 Å². The van der Waals surface area contributed by atoms with Gasteiger partial charge in [-0.2, -0.15) is 0 Å². The summed E-state index contributed by atoms with van der Waals surface area (Å²) in [5, 5.41) is -0.533. The number of carbonyl (C=O) groups is 1. The average molecular weight is 357 g/mol. The number of sulfone groups is 1. The van der Waals surface area contributed by atoms with Crippen molar-refractivity contribution in [3.63, 3.8) is 0 Å². The van der Waals surface area contributed by atoms with Crippen molar-refractivity contribution >= 4 is 44.6 Å². The molecule has 22 heavy (non-hydrogen) atoms. The standard InChI is InChI=1S/C14H10Cl2N2O3S/c15-9-5-10(16)7-11(6-9)18-13(19)8-22(20,21)14(18)12-3-1-2-4-17-12/h1-7,14H,8H2. The first-order chi connectivity index (χ1) is 10.4. The van der Waals surface area contributed by atoms with Gasteiger partial charge in [-0.25, -0.2) is 8.42 Å². The molecule has 0 aliphatic carbocycles. The summed E-state index contributed by atoms with van der Waals surface area (Å²) in [6, 6.07) is 9.43. The van der Waals surface area contributed by atoms with Gasteiger partial charge < -0.3 is 0 Å². The summed E-state index contributed by atoms with van der Waals surface area (Å²) in [5.74, 6) is -1.10. The lowest BCUT2D eigenvalue weighted by molar-refractivity contribution is -0.115. The Hall–Kier alpha value is -1.63. The molecule has 2 aromatic rings. The van der Waals surface area contributed by atoms with E-state index in [9.17, 15) is 13.2 Å². The molecule has 1 unspecified atom stereocenters. The zero-order valence-corrected chi connectivity index (χ0v) is 13.4. The Labute approximate surface area is 137 Å². The maximum absolute atomic E-state index is 12.4. The van der Waals surface area contributed by atoms with Crippen LogP contribution in [-0.2, 0) is 14.6 Å². The third kappa shape index (κ3) is 2.69. The van der Waals surface area contributed by atoms with Gasteiger partial charge >= 0.3 is 0 Å². The van der Waals surface area contributed by atoms with E-state index in [2.05, 4.69) is 4.98 Å². The van der Waals surface area contributed by atoms with Crippen molar-refractivity contribution in [3.05, 3.63) is 58.3 Å². The maximum Gasteiger partial charge on any atom is 0.243 e. The quantitative estimate of drug-likeness (QED) is 0.829. The van der Waals surface area contributed by atoms with Crippen LogP contribution in [0.3, 0.4) is 0 Å². The highest BCUT2D eigenvalue weighted by molar-refractivity contribution is 7.93. The summed E-state index contributed by atoms with van der Waals surface area (Å²) < 4.78 is 24.7. The van der Waals surface area contributed by atoms with Crippen LogP contribution < -0.4 is 4.90 Å². The molecule has 1 fully saturated rings. The van der Waals surface area contributed by atoms with E-state index in [-0.39, 0.29) is 5.69 Å². The number of amides is 1. The molecule has 1 aliphatic rings. The van der Waals surface area contributed by atoms with Gasteiger partial charge in [0, 0.05) is 21.9 Å². The third-order valence-corrected chi connectivity index (χ3v) is 5.45. The van der Waals surface area contributed by atoms with Gasteiger partial charge in [0.25, 0.3) is 0 Å². The zero-order valence-electron chi connectivity index (χ0n) is 11.1. The van der Waals surface area contributed by atoms with E-state index in [1.54, 1.807) is 18.2 Å². The summed E-state index contributed by atoms with van der Waals surface area (Å²) >= 11 is 11.9. The van der Waals surface area contributed by atoms with Gasteiger partial charge in [0.05, 0.1) is 5.69 Å². The number of benzene rings is 1. The number of halogens is 2. The normalized spacial score (nSPS) is 20.4. The molecule has 1 atom stereocenters. The number of carbonyl (C=O) groups excluding carboxylic acids is 1. The molecule has 0 spiro atoms. The summed E-state index contributed by atoms with van der Waals surface area (Å²) in [7, 11) is -3.68. The molecule has 0 N–H and O–H groups in total. The van der Waals surface area contributed by atoms with E-state index >= 15 is 0 Å². The third-order valence-electron chi connectivity index (χ3n) is 3.23. The predicted octanol–water partition coefficient (Wildman–Crippen LogP) is 2.85. The SMILES string of the molecule is O=C1CS(=O)(=O)C(c2ccccn2)N1c1cc(Cl)cc(Cl)c1. The number of anilines is 1. The molecule has 1 saturated heterocycles. The first-order valence-electron chi connectivity index (χ1n) is 6.29. The molecular weight excluding hydrogens is 347 g/mol. The van der Waals surface area contributed by atoms with Gasteiger partial charge in [-0.05, 0) is 30.3 Å². The predicted molar refractivity (Wildman–Crippen MR) is 84.7 cm³/mol. The Morgan fingerprint density at radius 3 is 2.41 bits per heavy atom. The molecule has 114 valence electrons. The van der Waals surface area contributed by atoms with Gasteiger partial charge in [-0.3, -0.25) is 14.7 Å². The fraction of sp³-hybridized carbons (Fsp3) is 0.143. The first kappa shape index (κ1) is 15.3. The Morgan fingerprint density at radius 2 is 1.82 bits per heavy atom. The molecule has 5 nitrogen and oxygen atoms in total. The van der Waals surface area contributed by atoms with Crippen LogP contribution in [0.25, 0.3) is 0 Å². The highest BCUT2D eigenvalue weighted by atomic mass is 35.5. The van der Waals surface area contributed by atoms with E-state index in [1.165, 1.54) is 29.3 Å². The van der Waals surface area contributed by atoms with Crippen molar-refractivity contribution in [2.24, 2.45) is 0 Å². The molecular formula is C14H10Cl2N2O3S. The fourth-order valence-electron chi connectivity index (χ4n) is 2.41. The maximum atomic E-state index is 12.4. The second-order valence-electron chi connectivity index (χ2n) is 4.81. The van der Waals surface area contributed by atoms with E-state index in [4.69, 9.17) is 23.2 Å². The lowest BCUT2D eigenvalue weighted by Crippen LogP contribution is -2.29. The second kappa shape index (κ2) is 5.53. The highest BCUT2D eigenvalue weighted by Crippen LogP contribution is 2.38. The molecule has 0 bridgehead atoms. The van der Waals surface area contributed by atoms with E-state index < -0.39 is 26.9 Å². The van der Waals surface area contributed by atoms with E-state index in [0.29, 0.717) is 15.7 Å². The number of nitrogens with zero attached hydrogens (tertiary/aromatic N) is 2. The van der Waals surface area contributed by atoms with Crippen LogP contribution in [0.1, 0.15) is 11.1 Å². The monoisotopic (exact) mass is 356 g/mol.